The van der Waals surface area contributed by atoms with E-state index in [4.69, 9.17) is 0 Å². The van der Waals surface area contributed by atoms with Crippen LogP contribution in [-0.2, 0) is 10.0 Å². The van der Waals surface area contributed by atoms with E-state index in [0.717, 1.165) is 27.9 Å². The summed E-state index contributed by atoms with van der Waals surface area (Å²) in [5.41, 5.74) is 0. The number of thioether (sulfide) groups is 1. The highest BCUT2D eigenvalue weighted by molar-refractivity contribution is 9.11. The average molecular weight is 384 g/mol. The van der Waals surface area contributed by atoms with Gasteiger partial charge in [0.1, 0.15) is 0 Å². The third-order valence-electron chi connectivity index (χ3n) is 3.44. The van der Waals surface area contributed by atoms with Crippen LogP contribution < -0.4 is 4.72 Å². The number of thiophene rings is 1. The lowest BCUT2D eigenvalue weighted by Gasteiger charge is -2.30. The number of hydrogen-bond donors (Lipinski definition) is 1. The SMILES string of the molecule is CSC1CCCCC1NS(=O)(=O)c1cc(Br)sc1C. The summed E-state index contributed by atoms with van der Waals surface area (Å²) >= 11 is 6.57. The van der Waals surface area contributed by atoms with Crippen LogP contribution in [0.5, 0.6) is 0 Å². The van der Waals surface area contributed by atoms with Crippen LogP contribution in [-0.4, -0.2) is 26.0 Å². The second-order valence-corrected chi connectivity index (χ2v) is 10.2. The van der Waals surface area contributed by atoms with Gasteiger partial charge in [-0.1, -0.05) is 12.8 Å². The summed E-state index contributed by atoms with van der Waals surface area (Å²) in [6, 6.07) is 1.76. The molecule has 2 unspecified atom stereocenters. The molecule has 19 heavy (non-hydrogen) atoms. The van der Waals surface area contributed by atoms with Crippen LogP contribution in [0.4, 0.5) is 0 Å². The molecule has 0 aromatic carbocycles. The number of rotatable bonds is 4. The first-order valence-corrected chi connectivity index (χ1v) is 10.6. The van der Waals surface area contributed by atoms with Gasteiger partial charge in [0.05, 0.1) is 8.68 Å². The Labute approximate surface area is 131 Å². The van der Waals surface area contributed by atoms with Crippen molar-refractivity contribution in [2.24, 2.45) is 0 Å². The molecule has 0 bridgehead atoms. The van der Waals surface area contributed by atoms with Crippen molar-refractivity contribution in [3.63, 3.8) is 0 Å². The molecule has 3 nitrogen and oxygen atoms in total. The standard InChI is InChI=1S/C12H18BrNO2S3/c1-8-11(7-12(13)18-8)19(15,16)14-9-5-3-4-6-10(9)17-2/h7,9-10,14H,3-6H2,1-2H3. The number of aryl methyl sites for hydroxylation is 1. The highest BCUT2D eigenvalue weighted by Gasteiger charge is 2.30. The zero-order valence-electron chi connectivity index (χ0n) is 11.0. The van der Waals surface area contributed by atoms with Crippen LogP contribution >= 0.6 is 39.0 Å². The van der Waals surface area contributed by atoms with Crippen molar-refractivity contribution in [1.29, 1.82) is 0 Å². The molecule has 0 aliphatic heterocycles. The van der Waals surface area contributed by atoms with Gasteiger partial charge in [-0.3, -0.25) is 0 Å². The summed E-state index contributed by atoms with van der Waals surface area (Å²) in [5.74, 6) is 0. The molecule has 2 atom stereocenters. The quantitative estimate of drug-likeness (QED) is 0.860. The van der Waals surface area contributed by atoms with Gasteiger partial charge in [0.25, 0.3) is 0 Å². The maximum absolute atomic E-state index is 12.5. The van der Waals surface area contributed by atoms with Crippen LogP contribution in [0.25, 0.3) is 0 Å². The maximum Gasteiger partial charge on any atom is 0.241 e. The Hall–Kier alpha value is 0.440. The first-order chi connectivity index (χ1) is 8.94. The average Bonchev–Trinajstić information content (AvgIpc) is 2.69. The van der Waals surface area contributed by atoms with E-state index in [2.05, 4.69) is 26.9 Å². The van der Waals surface area contributed by atoms with E-state index in [-0.39, 0.29) is 6.04 Å². The lowest BCUT2D eigenvalue weighted by Crippen LogP contribution is -2.43. The van der Waals surface area contributed by atoms with Gasteiger partial charge in [-0.25, -0.2) is 13.1 Å². The minimum absolute atomic E-state index is 0.0619. The fourth-order valence-corrected chi connectivity index (χ4v) is 7.22. The third kappa shape index (κ3) is 3.75. The van der Waals surface area contributed by atoms with E-state index < -0.39 is 10.0 Å². The van der Waals surface area contributed by atoms with Gasteiger partial charge < -0.3 is 0 Å². The minimum Gasteiger partial charge on any atom is -0.207 e. The van der Waals surface area contributed by atoms with Crippen LogP contribution in [0.3, 0.4) is 0 Å². The second-order valence-electron chi connectivity index (χ2n) is 4.76. The van der Waals surface area contributed by atoms with Gasteiger partial charge >= 0.3 is 0 Å². The Bertz CT molecular complexity index is 541. The fourth-order valence-electron chi connectivity index (χ4n) is 2.47. The first-order valence-electron chi connectivity index (χ1n) is 6.25. The van der Waals surface area contributed by atoms with Gasteiger partial charge in [0, 0.05) is 16.2 Å². The molecule has 0 spiro atoms. The summed E-state index contributed by atoms with van der Waals surface area (Å²) in [5, 5.41) is 0.394. The van der Waals surface area contributed by atoms with Gasteiger partial charge in [-0.15, -0.1) is 11.3 Å². The topological polar surface area (TPSA) is 46.2 Å². The highest BCUT2D eigenvalue weighted by atomic mass is 79.9. The van der Waals surface area contributed by atoms with Gasteiger partial charge in [-0.2, -0.15) is 11.8 Å². The van der Waals surface area contributed by atoms with E-state index in [1.54, 1.807) is 17.8 Å². The summed E-state index contributed by atoms with van der Waals surface area (Å²) < 4.78 is 28.7. The highest BCUT2D eigenvalue weighted by Crippen LogP contribution is 2.32. The second kappa shape index (κ2) is 6.47. The van der Waals surface area contributed by atoms with E-state index in [1.165, 1.54) is 17.8 Å². The van der Waals surface area contributed by atoms with Crippen molar-refractivity contribution in [2.45, 2.75) is 48.8 Å². The summed E-state index contributed by atoms with van der Waals surface area (Å²) in [7, 11) is -3.40. The Morgan fingerprint density at radius 1 is 1.42 bits per heavy atom. The van der Waals surface area contributed by atoms with Crippen molar-refractivity contribution < 1.29 is 8.42 Å². The molecule has 7 heteroatoms. The van der Waals surface area contributed by atoms with Crippen molar-refractivity contribution >= 4 is 49.1 Å². The monoisotopic (exact) mass is 383 g/mol. The van der Waals surface area contributed by atoms with E-state index in [0.29, 0.717) is 10.1 Å². The van der Waals surface area contributed by atoms with Crippen LogP contribution in [0.1, 0.15) is 30.6 Å². The number of sulfonamides is 1. The molecule has 1 aliphatic carbocycles. The van der Waals surface area contributed by atoms with Crippen molar-refractivity contribution in [2.75, 3.05) is 6.26 Å². The predicted octanol–water partition coefficient (Wildman–Crippen LogP) is 3.77. The molecule has 2 rings (SSSR count). The molecule has 1 aromatic heterocycles. The largest absolute Gasteiger partial charge is 0.241 e. The first kappa shape index (κ1) is 15.8. The number of hydrogen-bond acceptors (Lipinski definition) is 4. The Balaban J connectivity index is 2.19. The predicted molar refractivity (Wildman–Crippen MR) is 86.6 cm³/mol. The van der Waals surface area contributed by atoms with Gasteiger partial charge in [0.15, 0.2) is 0 Å². The van der Waals surface area contributed by atoms with Gasteiger partial charge in [-0.05, 0) is 48.0 Å². The van der Waals surface area contributed by atoms with Crippen molar-refractivity contribution in [3.05, 3.63) is 14.7 Å². The molecule has 1 aliphatic rings. The Kier molecular flexibility index (Phi) is 5.39. The van der Waals surface area contributed by atoms with E-state index in [1.807, 2.05) is 6.92 Å². The number of halogens is 1. The summed E-state index contributed by atoms with van der Waals surface area (Å²) in [6.07, 6.45) is 6.41. The maximum atomic E-state index is 12.5. The van der Waals surface area contributed by atoms with Crippen molar-refractivity contribution in [3.8, 4) is 0 Å². The van der Waals surface area contributed by atoms with Crippen LogP contribution in [0.2, 0.25) is 0 Å². The number of nitrogens with one attached hydrogen (secondary N) is 1. The van der Waals surface area contributed by atoms with Crippen molar-refractivity contribution in [1.82, 2.24) is 4.72 Å². The normalized spacial score (nSPS) is 24.6. The molecule has 0 saturated heterocycles. The van der Waals surface area contributed by atoms with E-state index >= 15 is 0 Å². The fraction of sp³-hybridized carbons (Fsp3) is 0.667. The Morgan fingerprint density at radius 3 is 2.68 bits per heavy atom. The molecule has 1 N–H and O–H groups in total. The molecule has 1 heterocycles. The van der Waals surface area contributed by atoms with Crippen LogP contribution in [0.15, 0.2) is 14.7 Å². The zero-order valence-corrected chi connectivity index (χ0v) is 15.0. The molecule has 1 saturated carbocycles. The lowest BCUT2D eigenvalue weighted by atomic mass is 9.96. The molecule has 0 radical (unpaired) electrons. The summed E-state index contributed by atoms with van der Waals surface area (Å²) in [4.78, 5) is 1.24. The smallest absolute Gasteiger partial charge is 0.207 e. The molecule has 0 amide bonds. The molecule has 1 aromatic rings. The summed E-state index contributed by atoms with van der Waals surface area (Å²) in [6.45, 7) is 1.84. The molecule has 1 fully saturated rings. The van der Waals surface area contributed by atoms with E-state index in [9.17, 15) is 8.42 Å². The van der Waals surface area contributed by atoms with Gasteiger partial charge in [0.2, 0.25) is 10.0 Å². The molecule has 108 valence electrons. The minimum atomic E-state index is -3.40. The zero-order chi connectivity index (χ0) is 14.0. The lowest BCUT2D eigenvalue weighted by molar-refractivity contribution is 0.423. The van der Waals surface area contributed by atoms with Crippen LogP contribution in [0, 0.1) is 6.92 Å². The third-order valence-corrected chi connectivity index (χ3v) is 7.91. The molecular weight excluding hydrogens is 366 g/mol. The Morgan fingerprint density at radius 2 is 2.11 bits per heavy atom. The molecular formula is C12H18BrNO2S3.